The van der Waals surface area contributed by atoms with Gasteiger partial charge in [-0.05, 0) is 24.1 Å². The SMILES string of the molecule is CCOC(=O)/C=C/n1ccccc1=[P+]([O-])CC(c1ccccc1)c1ccccc1. The van der Waals surface area contributed by atoms with Gasteiger partial charge in [0.15, 0.2) is 0 Å². The van der Waals surface area contributed by atoms with E-state index < -0.39 is 13.7 Å². The van der Waals surface area contributed by atoms with Crippen LogP contribution in [0.2, 0.25) is 0 Å². The summed E-state index contributed by atoms with van der Waals surface area (Å²) in [5.74, 6) is -0.403. The van der Waals surface area contributed by atoms with E-state index in [9.17, 15) is 9.69 Å². The van der Waals surface area contributed by atoms with E-state index in [1.165, 1.54) is 6.08 Å². The number of rotatable bonds is 7. The van der Waals surface area contributed by atoms with Gasteiger partial charge in [0.1, 0.15) is 6.16 Å². The molecule has 1 atom stereocenters. The highest BCUT2D eigenvalue weighted by Crippen LogP contribution is 2.33. The molecule has 0 N–H and O–H groups in total. The Hall–Kier alpha value is -2.94. The quantitative estimate of drug-likeness (QED) is 0.327. The Labute approximate surface area is 172 Å². The lowest BCUT2D eigenvalue weighted by molar-refractivity contribution is -0.154. The normalized spacial score (nSPS) is 12.2. The minimum absolute atomic E-state index is 0.0173. The molecule has 0 radical (unpaired) electrons. The van der Waals surface area contributed by atoms with Crippen LogP contribution in [-0.2, 0) is 9.53 Å². The Morgan fingerprint density at radius 3 is 2.17 bits per heavy atom. The van der Waals surface area contributed by atoms with Crippen LogP contribution in [0, 0.1) is 5.07 Å². The number of ether oxygens (including phenoxy) is 1. The number of carbonyl (C=O) groups is 1. The molecule has 4 nitrogen and oxygen atoms in total. The first-order valence-corrected chi connectivity index (χ1v) is 11.0. The summed E-state index contributed by atoms with van der Waals surface area (Å²) in [5, 5.41) is 0.667. The zero-order valence-corrected chi connectivity index (χ0v) is 17.2. The number of esters is 1. The number of carbonyl (C=O) groups excluding carboxylic acids is 1. The molecule has 0 saturated carbocycles. The van der Waals surface area contributed by atoms with Crippen LogP contribution in [0.4, 0.5) is 0 Å². The van der Waals surface area contributed by atoms with E-state index in [1.54, 1.807) is 23.9 Å². The van der Waals surface area contributed by atoms with Crippen molar-refractivity contribution in [2.24, 2.45) is 0 Å². The molecule has 3 rings (SSSR count). The lowest BCUT2D eigenvalue weighted by Gasteiger charge is -2.16. The Morgan fingerprint density at radius 1 is 1.00 bits per heavy atom. The lowest BCUT2D eigenvalue weighted by atomic mass is 9.93. The summed E-state index contributed by atoms with van der Waals surface area (Å²) >= 11 is 0. The summed E-state index contributed by atoms with van der Waals surface area (Å²) in [5.41, 5.74) is 2.26. The number of hydrogen-bond acceptors (Lipinski definition) is 3. The predicted molar refractivity (Wildman–Crippen MR) is 116 cm³/mol. The third-order valence-electron chi connectivity index (χ3n) is 4.53. The van der Waals surface area contributed by atoms with Crippen LogP contribution in [0.25, 0.3) is 6.20 Å². The first kappa shape index (κ1) is 20.8. The summed E-state index contributed by atoms with van der Waals surface area (Å²) in [7, 11) is -1.71. The van der Waals surface area contributed by atoms with Crippen molar-refractivity contribution in [2.75, 3.05) is 12.8 Å². The van der Waals surface area contributed by atoms with Crippen LogP contribution in [-0.4, -0.2) is 23.3 Å². The zero-order chi connectivity index (χ0) is 20.5. The largest absolute Gasteiger partial charge is 0.629 e. The van der Waals surface area contributed by atoms with Crippen LogP contribution in [0.3, 0.4) is 0 Å². The molecule has 0 spiro atoms. The molecular weight excluding hydrogens is 381 g/mol. The van der Waals surface area contributed by atoms with Crippen molar-refractivity contribution in [3.8, 4) is 0 Å². The van der Waals surface area contributed by atoms with Crippen LogP contribution in [0.15, 0.2) is 91.1 Å². The van der Waals surface area contributed by atoms with Crippen molar-refractivity contribution >= 4 is 19.9 Å². The summed E-state index contributed by atoms with van der Waals surface area (Å²) in [6.45, 7) is 2.08. The van der Waals surface area contributed by atoms with Gasteiger partial charge in [0.25, 0.3) is 0 Å². The van der Waals surface area contributed by atoms with Crippen LogP contribution in [0.5, 0.6) is 0 Å². The van der Waals surface area contributed by atoms with Gasteiger partial charge in [-0.2, -0.15) is 0 Å². The second-order valence-corrected chi connectivity index (χ2v) is 8.05. The highest BCUT2D eigenvalue weighted by Gasteiger charge is 2.19. The minimum Gasteiger partial charge on any atom is -0.629 e. The van der Waals surface area contributed by atoms with Gasteiger partial charge in [-0.25, -0.2) is 4.79 Å². The summed E-state index contributed by atoms with van der Waals surface area (Å²) < 4.78 is 6.66. The van der Waals surface area contributed by atoms with Crippen molar-refractivity contribution in [3.63, 3.8) is 0 Å². The zero-order valence-electron chi connectivity index (χ0n) is 16.3. The highest BCUT2D eigenvalue weighted by molar-refractivity contribution is 7.41. The Kier molecular flexibility index (Phi) is 7.57. The second kappa shape index (κ2) is 10.6. The van der Waals surface area contributed by atoms with E-state index in [-0.39, 0.29) is 5.92 Å². The molecule has 1 aromatic heterocycles. The standard InChI is InChI=1S/C24H24NO3P/c1-2-28-24(26)16-18-25-17-10-9-15-23(25)29(27)19-22(20-11-5-3-6-12-20)21-13-7-4-8-14-21/h3-18,22H,2,19H2,1H3/b18-16+. The molecule has 0 aliphatic carbocycles. The molecule has 0 saturated heterocycles. The van der Waals surface area contributed by atoms with E-state index in [1.807, 2.05) is 54.6 Å². The molecule has 5 heteroatoms. The first-order valence-electron chi connectivity index (χ1n) is 9.58. The van der Waals surface area contributed by atoms with Gasteiger partial charge in [-0.3, -0.25) is 4.57 Å². The molecule has 0 aliphatic rings. The molecule has 0 bridgehead atoms. The van der Waals surface area contributed by atoms with Gasteiger partial charge >= 0.3 is 5.97 Å². The van der Waals surface area contributed by atoms with Crippen molar-refractivity contribution in [3.05, 3.63) is 107 Å². The molecule has 2 aromatic carbocycles. The van der Waals surface area contributed by atoms with Gasteiger partial charge in [0, 0.05) is 30.5 Å². The number of aromatic nitrogens is 1. The third kappa shape index (κ3) is 5.77. The maximum absolute atomic E-state index is 13.4. The molecule has 148 valence electrons. The maximum atomic E-state index is 13.4. The van der Waals surface area contributed by atoms with E-state index in [0.29, 0.717) is 17.8 Å². The molecule has 0 fully saturated rings. The van der Waals surface area contributed by atoms with Crippen molar-refractivity contribution in [1.29, 1.82) is 0 Å². The predicted octanol–water partition coefficient (Wildman–Crippen LogP) is 4.64. The maximum Gasteiger partial charge on any atom is 0.332 e. The first-order chi connectivity index (χ1) is 14.2. The third-order valence-corrected chi connectivity index (χ3v) is 6.12. The fourth-order valence-electron chi connectivity index (χ4n) is 3.15. The minimum atomic E-state index is -1.71. The summed E-state index contributed by atoms with van der Waals surface area (Å²) in [4.78, 5) is 25.0. The average molecular weight is 405 g/mol. The Morgan fingerprint density at radius 2 is 1.59 bits per heavy atom. The second-order valence-electron chi connectivity index (χ2n) is 6.47. The molecule has 3 aromatic rings. The fraction of sp³-hybridized carbons (Fsp3) is 0.167. The summed E-state index contributed by atoms with van der Waals surface area (Å²) in [6, 6.07) is 25.8. The van der Waals surface area contributed by atoms with Gasteiger partial charge in [0.2, 0.25) is 5.07 Å². The molecular formula is C24H24NO3P. The number of pyridine rings is 1. The van der Waals surface area contributed by atoms with Crippen molar-refractivity contribution < 1.29 is 14.4 Å². The Bertz CT molecular complexity index is 987. The molecule has 0 aliphatic heterocycles. The van der Waals surface area contributed by atoms with E-state index in [2.05, 4.69) is 24.3 Å². The van der Waals surface area contributed by atoms with Crippen LogP contribution >= 0.6 is 7.77 Å². The number of benzene rings is 2. The van der Waals surface area contributed by atoms with Gasteiger partial charge < -0.3 is 9.63 Å². The topological polar surface area (TPSA) is 54.3 Å². The highest BCUT2D eigenvalue weighted by atomic mass is 31.1. The van der Waals surface area contributed by atoms with Crippen LogP contribution < -0.4 is 4.89 Å². The van der Waals surface area contributed by atoms with Gasteiger partial charge in [-0.1, -0.05) is 66.7 Å². The van der Waals surface area contributed by atoms with Gasteiger partial charge in [-0.15, -0.1) is 0 Å². The van der Waals surface area contributed by atoms with Crippen LogP contribution in [0.1, 0.15) is 24.0 Å². The van der Waals surface area contributed by atoms with E-state index in [4.69, 9.17) is 4.74 Å². The fourth-order valence-corrected chi connectivity index (χ4v) is 4.73. The van der Waals surface area contributed by atoms with Crippen molar-refractivity contribution in [1.82, 2.24) is 4.57 Å². The van der Waals surface area contributed by atoms with Gasteiger partial charge in [0.05, 0.1) is 14.4 Å². The molecule has 29 heavy (non-hydrogen) atoms. The monoisotopic (exact) mass is 405 g/mol. The lowest BCUT2D eigenvalue weighted by Crippen LogP contribution is -2.09. The number of nitrogens with zero attached hydrogens (tertiary/aromatic N) is 1. The molecule has 1 heterocycles. The summed E-state index contributed by atoms with van der Waals surface area (Å²) in [6.07, 6.45) is 5.21. The molecule has 1 unspecified atom stereocenters. The molecule has 0 amide bonds. The Balaban J connectivity index is 1.99. The van der Waals surface area contributed by atoms with E-state index >= 15 is 0 Å². The number of hydrogen-bond donors (Lipinski definition) is 0. The van der Waals surface area contributed by atoms with E-state index in [0.717, 1.165) is 11.1 Å². The average Bonchev–Trinajstić information content (AvgIpc) is 2.77. The smallest absolute Gasteiger partial charge is 0.332 e. The van der Waals surface area contributed by atoms with Crippen molar-refractivity contribution in [2.45, 2.75) is 12.8 Å².